The minimum absolute atomic E-state index is 0. The zero-order valence-corrected chi connectivity index (χ0v) is 10.4. The van der Waals surface area contributed by atoms with Crippen molar-refractivity contribution in [3.63, 3.8) is 0 Å². The van der Waals surface area contributed by atoms with Crippen molar-refractivity contribution < 1.29 is 30.9 Å². The summed E-state index contributed by atoms with van der Waals surface area (Å²) in [5.41, 5.74) is 0.209. The first-order chi connectivity index (χ1) is 5.10. The summed E-state index contributed by atoms with van der Waals surface area (Å²) in [7, 11) is 0. The first-order valence-corrected chi connectivity index (χ1v) is 4.34. The van der Waals surface area contributed by atoms with Crippen LogP contribution in [0.15, 0.2) is 4.99 Å². The second-order valence-electron chi connectivity index (χ2n) is 2.80. The van der Waals surface area contributed by atoms with Gasteiger partial charge in [-0.2, -0.15) is 0 Å². The standard InChI is InChI=1S/C9H19NO.Sc/c1-5-9(11,6-2)8(4)10-7-3;/h11H,5-7H2,1-4H3;. The Morgan fingerprint density at radius 3 is 1.92 bits per heavy atom. The van der Waals surface area contributed by atoms with Gasteiger partial charge >= 0.3 is 0 Å². The molecule has 0 aromatic rings. The quantitative estimate of drug-likeness (QED) is 0.695. The molecule has 0 spiro atoms. The van der Waals surface area contributed by atoms with Crippen LogP contribution in [-0.2, 0) is 25.8 Å². The molecule has 0 saturated carbocycles. The molecule has 0 aliphatic rings. The number of hydrogen-bond acceptors (Lipinski definition) is 2. The molecule has 0 fully saturated rings. The van der Waals surface area contributed by atoms with Crippen molar-refractivity contribution >= 4 is 5.71 Å². The van der Waals surface area contributed by atoms with E-state index in [9.17, 15) is 5.11 Å². The summed E-state index contributed by atoms with van der Waals surface area (Å²) < 4.78 is 0. The van der Waals surface area contributed by atoms with Crippen LogP contribution in [0.3, 0.4) is 0 Å². The molecular weight excluding hydrogens is 183 g/mol. The fraction of sp³-hybridized carbons (Fsp3) is 0.889. The SMILES string of the molecule is CCN=C(C)C(O)(CC)CC.[Sc]. The van der Waals surface area contributed by atoms with E-state index in [1.54, 1.807) is 0 Å². The first-order valence-electron chi connectivity index (χ1n) is 4.34. The normalized spacial score (nSPS) is 12.6. The smallest absolute Gasteiger partial charge is 0.101 e. The van der Waals surface area contributed by atoms with E-state index in [2.05, 4.69) is 4.99 Å². The molecule has 12 heavy (non-hydrogen) atoms. The second kappa shape index (κ2) is 6.96. The van der Waals surface area contributed by atoms with E-state index in [-0.39, 0.29) is 25.8 Å². The Kier molecular flexibility index (Phi) is 8.69. The fourth-order valence-electron chi connectivity index (χ4n) is 1.15. The summed E-state index contributed by atoms with van der Waals surface area (Å²) in [5, 5.41) is 9.90. The van der Waals surface area contributed by atoms with Crippen molar-refractivity contribution in [3.8, 4) is 0 Å². The van der Waals surface area contributed by atoms with Crippen LogP contribution in [0, 0.1) is 0 Å². The second-order valence-corrected chi connectivity index (χ2v) is 2.80. The number of rotatable bonds is 4. The number of hydrogen-bond donors (Lipinski definition) is 1. The molecule has 1 N–H and O–H groups in total. The maximum atomic E-state index is 9.90. The van der Waals surface area contributed by atoms with Gasteiger partial charge in [0.15, 0.2) is 0 Å². The molecule has 0 bridgehead atoms. The predicted octanol–water partition coefficient (Wildman–Crippen LogP) is 2.02. The molecule has 69 valence electrons. The van der Waals surface area contributed by atoms with Crippen LogP contribution in [-0.4, -0.2) is 23.0 Å². The van der Waals surface area contributed by atoms with Crippen molar-refractivity contribution in [1.82, 2.24) is 0 Å². The van der Waals surface area contributed by atoms with Gasteiger partial charge in [-0.1, -0.05) is 13.8 Å². The van der Waals surface area contributed by atoms with Crippen LogP contribution in [0.1, 0.15) is 40.5 Å². The van der Waals surface area contributed by atoms with Gasteiger partial charge in [0, 0.05) is 38.1 Å². The molecule has 0 unspecified atom stereocenters. The van der Waals surface area contributed by atoms with Gasteiger partial charge in [-0.25, -0.2) is 0 Å². The van der Waals surface area contributed by atoms with E-state index < -0.39 is 5.60 Å². The van der Waals surface area contributed by atoms with Crippen LogP contribution in [0.4, 0.5) is 0 Å². The molecular formula is C9H19NOSc. The average Bonchev–Trinajstić information content (AvgIpc) is 2.03. The summed E-state index contributed by atoms with van der Waals surface area (Å²) in [6, 6.07) is 0. The van der Waals surface area contributed by atoms with Crippen molar-refractivity contribution in [2.45, 2.75) is 46.1 Å². The molecule has 0 rings (SSSR count). The molecule has 0 amide bonds. The minimum Gasteiger partial charge on any atom is -0.384 e. The van der Waals surface area contributed by atoms with Crippen LogP contribution in [0.25, 0.3) is 0 Å². The molecule has 1 radical (unpaired) electrons. The number of nitrogens with zero attached hydrogens (tertiary/aromatic N) is 1. The van der Waals surface area contributed by atoms with Gasteiger partial charge in [0.05, 0.1) is 0 Å². The molecule has 0 aliphatic carbocycles. The maximum absolute atomic E-state index is 9.90. The average molecular weight is 202 g/mol. The van der Waals surface area contributed by atoms with Crippen LogP contribution in [0.5, 0.6) is 0 Å². The summed E-state index contributed by atoms with van der Waals surface area (Å²) in [5.74, 6) is 0. The van der Waals surface area contributed by atoms with E-state index in [1.807, 2.05) is 27.7 Å². The summed E-state index contributed by atoms with van der Waals surface area (Å²) >= 11 is 0. The number of aliphatic hydroxyl groups is 1. The minimum atomic E-state index is -0.657. The van der Waals surface area contributed by atoms with E-state index in [4.69, 9.17) is 0 Å². The molecule has 0 saturated heterocycles. The summed E-state index contributed by atoms with van der Waals surface area (Å²) in [6.07, 6.45) is 1.50. The Balaban J connectivity index is 0. The largest absolute Gasteiger partial charge is 0.384 e. The van der Waals surface area contributed by atoms with Crippen molar-refractivity contribution in [3.05, 3.63) is 0 Å². The Morgan fingerprint density at radius 1 is 1.25 bits per heavy atom. The van der Waals surface area contributed by atoms with E-state index in [0.717, 1.165) is 25.1 Å². The topological polar surface area (TPSA) is 32.6 Å². The van der Waals surface area contributed by atoms with Gasteiger partial charge in [0.25, 0.3) is 0 Å². The number of aliphatic imine (C=N–C) groups is 1. The Morgan fingerprint density at radius 2 is 1.67 bits per heavy atom. The van der Waals surface area contributed by atoms with Crippen molar-refractivity contribution in [1.29, 1.82) is 0 Å². The zero-order chi connectivity index (χ0) is 8.91. The van der Waals surface area contributed by atoms with Gasteiger partial charge in [0.2, 0.25) is 0 Å². The summed E-state index contributed by atoms with van der Waals surface area (Å²) in [6.45, 7) is 8.61. The van der Waals surface area contributed by atoms with E-state index in [0.29, 0.717) is 0 Å². The molecule has 3 heteroatoms. The maximum Gasteiger partial charge on any atom is 0.101 e. The van der Waals surface area contributed by atoms with Crippen LogP contribution >= 0.6 is 0 Å². The van der Waals surface area contributed by atoms with Gasteiger partial charge in [-0.05, 0) is 26.7 Å². The Hall–Kier alpha value is 0.500. The fourth-order valence-corrected chi connectivity index (χ4v) is 1.15. The molecule has 0 heterocycles. The Bertz CT molecular complexity index is 141. The molecule has 0 aromatic carbocycles. The molecule has 2 nitrogen and oxygen atoms in total. The van der Waals surface area contributed by atoms with Gasteiger partial charge < -0.3 is 5.11 Å². The summed E-state index contributed by atoms with van der Waals surface area (Å²) in [4.78, 5) is 4.20. The van der Waals surface area contributed by atoms with Gasteiger partial charge in [-0.3, -0.25) is 4.99 Å². The van der Waals surface area contributed by atoms with Crippen molar-refractivity contribution in [2.75, 3.05) is 6.54 Å². The van der Waals surface area contributed by atoms with Crippen LogP contribution < -0.4 is 0 Å². The van der Waals surface area contributed by atoms with Crippen LogP contribution in [0.2, 0.25) is 0 Å². The van der Waals surface area contributed by atoms with E-state index in [1.165, 1.54) is 0 Å². The Labute approximate surface area is 94.3 Å². The van der Waals surface area contributed by atoms with Crippen molar-refractivity contribution in [2.24, 2.45) is 4.99 Å². The molecule has 0 atom stereocenters. The molecule has 0 aromatic heterocycles. The first kappa shape index (κ1) is 15.0. The van der Waals surface area contributed by atoms with Gasteiger partial charge in [-0.15, -0.1) is 0 Å². The monoisotopic (exact) mass is 202 g/mol. The third-order valence-electron chi connectivity index (χ3n) is 2.24. The molecule has 0 aliphatic heterocycles. The van der Waals surface area contributed by atoms with Gasteiger partial charge in [0.1, 0.15) is 5.60 Å². The third-order valence-corrected chi connectivity index (χ3v) is 2.24. The predicted molar refractivity (Wildman–Crippen MR) is 49.2 cm³/mol. The third kappa shape index (κ3) is 3.94. The zero-order valence-electron chi connectivity index (χ0n) is 8.59. The van der Waals surface area contributed by atoms with E-state index >= 15 is 0 Å².